The zero-order valence-corrected chi connectivity index (χ0v) is 17.1. The van der Waals surface area contributed by atoms with Crippen molar-refractivity contribution in [1.82, 2.24) is 4.72 Å². The molecule has 0 aliphatic heterocycles. The summed E-state index contributed by atoms with van der Waals surface area (Å²) in [7, 11) is -2.32. The van der Waals surface area contributed by atoms with Crippen LogP contribution in [0.25, 0.3) is 0 Å². The van der Waals surface area contributed by atoms with Gasteiger partial charge in [-0.2, -0.15) is 0 Å². The number of anilines is 1. The van der Waals surface area contributed by atoms with Crippen molar-refractivity contribution < 1.29 is 17.9 Å². The molecule has 0 saturated heterocycles. The van der Waals surface area contributed by atoms with Gasteiger partial charge in [-0.1, -0.05) is 35.0 Å². The molecule has 0 aliphatic carbocycles. The highest BCUT2D eigenvalue weighted by Crippen LogP contribution is 2.28. The van der Waals surface area contributed by atoms with Gasteiger partial charge in [0.2, 0.25) is 15.9 Å². The lowest BCUT2D eigenvalue weighted by Gasteiger charge is -2.16. The van der Waals surface area contributed by atoms with Crippen molar-refractivity contribution in [3.8, 4) is 5.75 Å². The quantitative estimate of drug-likeness (QED) is 0.684. The second kappa shape index (κ2) is 8.66. The lowest BCUT2D eigenvalue weighted by atomic mass is 10.1. The number of hydrogen-bond acceptors (Lipinski definition) is 4. The smallest absolute Gasteiger partial charge is 0.241 e. The van der Waals surface area contributed by atoms with Gasteiger partial charge in [0.05, 0.1) is 17.7 Å². The summed E-state index contributed by atoms with van der Waals surface area (Å²) < 4.78 is 34.2. The molecule has 0 heterocycles. The molecule has 0 bridgehead atoms. The van der Waals surface area contributed by atoms with E-state index in [0.29, 0.717) is 11.4 Å². The van der Waals surface area contributed by atoms with Gasteiger partial charge in [-0.25, -0.2) is 13.1 Å². The van der Waals surface area contributed by atoms with Crippen LogP contribution >= 0.6 is 15.9 Å². The first-order valence-corrected chi connectivity index (χ1v) is 10.3. The predicted molar refractivity (Wildman–Crippen MR) is 105 cm³/mol. The van der Waals surface area contributed by atoms with E-state index in [-0.39, 0.29) is 17.2 Å². The summed E-state index contributed by atoms with van der Waals surface area (Å²) in [5.41, 5.74) is 1.16. The van der Waals surface area contributed by atoms with Crippen LogP contribution in [0.2, 0.25) is 0 Å². The number of ether oxygens (including phenoxy) is 1. The summed E-state index contributed by atoms with van der Waals surface area (Å²) in [5, 5.41) is 2.65. The Labute approximate surface area is 162 Å². The van der Waals surface area contributed by atoms with Crippen molar-refractivity contribution in [2.45, 2.75) is 31.2 Å². The van der Waals surface area contributed by atoms with Crippen LogP contribution in [0.1, 0.15) is 31.9 Å². The molecule has 0 radical (unpaired) electrons. The average Bonchev–Trinajstić information content (AvgIpc) is 2.61. The van der Waals surface area contributed by atoms with Crippen molar-refractivity contribution in [1.29, 1.82) is 0 Å². The molecule has 0 fully saturated rings. The normalized spacial score (nSPS) is 12.5. The standard InChI is InChI=1S/C18H21BrN2O4S/c1-4-18(22)20-16-11-15(9-10-17(16)25-3)26(23,24)21-12(2)13-5-7-14(19)8-6-13/h5-12,21H,4H2,1-3H3,(H,20,22). The van der Waals surface area contributed by atoms with E-state index in [1.54, 1.807) is 13.8 Å². The van der Waals surface area contributed by atoms with Crippen LogP contribution < -0.4 is 14.8 Å². The topological polar surface area (TPSA) is 84.5 Å². The van der Waals surface area contributed by atoms with Crippen LogP contribution in [0.5, 0.6) is 5.75 Å². The first-order valence-electron chi connectivity index (χ1n) is 8.02. The summed E-state index contributed by atoms with van der Waals surface area (Å²) in [6.45, 7) is 3.48. The van der Waals surface area contributed by atoms with Crippen molar-refractivity contribution in [3.63, 3.8) is 0 Å². The maximum Gasteiger partial charge on any atom is 0.241 e. The van der Waals surface area contributed by atoms with Crippen molar-refractivity contribution in [2.75, 3.05) is 12.4 Å². The summed E-state index contributed by atoms with van der Waals surface area (Å²) in [6.07, 6.45) is 0.277. The Hall–Kier alpha value is -1.90. The molecule has 26 heavy (non-hydrogen) atoms. The molecular weight excluding hydrogens is 420 g/mol. The molecule has 0 aliphatic rings. The Morgan fingerprint density at radius 2 is 1.85 bits per heavy atom. The molecular formula is C18H21BrN2O4S. The summed E-state index contributed by atoms with van der Waals surface area (Å²) in [6, 6.07) is 11.3. The number of carbonyl (C=O) groups excluding carboxylic acids is 1. The molecule has 2 rings (SSSR count). The lowest BCUT2D eigenvalue weighted by Crippen LogP contribution is -2.27. The Balaban J connectivity index is 2.28. The lowest BCUT2D eigenvalue weighted by molar-refractivity contribution is -0.115. The van der Waals surface area contributed by atoms with Gasteiger partial charge in [0.15, 0.2) is 0 Å². The Bertz CT molecular complexity index is 883. The highest BCUT2D eigenvalue weighted by molar-refractivity contribution is 9.10. The third-order valence-corrected chi connectivity index (χ3v) is 5.85. The fraction of sp³-hybridized carbons (Fsp3) is 0.278. The van der Waals surface area contributed by atoms with E-state index in [1.807, 2.05) is 24.3 Å². The SMILES string of the molecule is CCC(=O)Nc1cc(S(=O)(=O)NC(C)c2ccc(Br)cc2)ccc1OC. The Kier molecular flexibility index (Phi) is 6.80. The molecule has 140 valence electrons. The van der Waals surface area contributed by atoms with Crippen LogP contribution in [0, 0.1) is 0 Å². The van der Waals surface area contributed by atoms with E-state index in [2.05, 4.69) is 26.0 Å². The molecule has 0 spiro atoms. The number of carbonyl (C=O) groups is 1. The Morgan fingerprint density at radius 1 is 1.19 bits per heavy atom. The third kappa shape index (κ3) is 5.06. The molecule has 0 aromatic heterocycles. The molecule has 1 unspecified atom stereocenters. The summed E-state index contributed by atoms with van der Waals surface area (Å²) >= 11 is 3.35. The number of hydrogen-bond donors (Lipinski definition) is 2. The fourth-order valence-electron chi connectivity index (χ4n) is 2.31. The van der Waals surface area contributed by atoms with Gasteiger partial charge >= 0.3 is 0 Å². The van der Waals surface area contributed by atoms with E-state index in [9.17, 15) is 13.2 Å². The van der Waals surface area contributed by atoms with E-state index in [0.717, 1.165) is 10.0 Å². The van der Waals surface area contributed by atoms with Crippen LogP contribution in [0.4, 0.5) is 5.69 Å². The van der Waals surface area contributed by atoms with Crippen LogP contribution in [-0.4, -0.2) is 21.4 Å². The largest absolute Gasteiger partial charge is 0.495 e. The molecule has 0 saturated carbocycles. The molecule has 8 heteroatoms. The van der Waals surface area contributed by atoms with Crippen LogP contribution in [0.3, 0.4) is 0 Å². The first-order chi connectivity index (χ1) is 12.3. The van der Waals surface area contributed by atoms with Crippen molar-refractivity contribution in [2.24, 2.45) is 0 Å². The van der Waals surface area contributed by atoms with Crippen molar-refractivity contribution in [3.05, 3.63) is 52.5 Å². The third-order valence-electron chi connectivity index (χ3n) is 3.78. The van der Waals surface area contributed by atoms with Gasteiger partial charge in [-0.05, 0) is 42.8 Å². The zero-order chi connectivity index (χ0) is 19.3. The molecule has 1 amide bonds. The maximum atomic E-state index is 12.7. The monoisotopic (exact) mass is 440 g/mol. The molecule has 2 aromatic carbocycles. The second-order valence-corrected chi connectivity index (χ2v) is 8.29. The number of amides is 1. The number of halogens is 1. The number of rotatable bonds is 7. The average molecular weight is 441 g/mol. The minimum absolute atomic E-state index is 0.0497. The van der Waals surface area contributed by atoms with E-state index < -0.39 is 16.1 Å². The van der Waals surface area contributed by atoms with Crippen molar-refractivity contribution >= 4 is 37.5 Å². The van der Waals surface area contributed by atoms with E-state index in [4.69, 9.17) is 4.74 Å². The number of sulfonamides is 1. The minimum atomic E-state index is -3.78. The molecule has 1 atom stereocenters. The van der Waals surface area contributed by atoms with Gasteiger partial charge in [0, 0.05) is 16.9 Å². The summed E-state index contributed by atoms with van der Waals surface area (Å²) in [4.78, 5) is 11.7. The summed E-state index contributed by atoms with van der Waals surface area (Å²) in [5.74, 6) is 0.167. The Morgan fingerprint density at radius 3 is 2.42 bits per heavy atom. The van der Waals surface area contributed by atoms with Gasteiger partial charge in [0.1, 0.15) is 5.75 Å². The fourth-order valence-corrected chi connectivity index (χ4v) is 3.83. The predicted octanol–water partition coefficient (Wildman–Crippen LogP) is 3.85. The van der Waals surface area contributed by atoms with Gasteiger partial charge in [-0.3, -0.25) is 4.79 Å². The van der Waals surface area contributed by atoms with Crippen LogP contribution in [-0.2, 0) is 14.8 Å². The van der Waals surface area contributed by atoms with Gasteiger partial charge in [-0.15, -0.1) is 0 Å². The van der Waals surface area contributed by atoms with Gasteiger partial charge < -0.3 is 10.1 Å². The number of methoxy groups -OCH3 is 1. The molecule has 2 N–H and O–H groups in total. The van der Waals surface area contributed by atoms with E-state index >= 15 is 0 Å². The highest BCUT2D eigenvalue weighted by Gasteiger charge is 2.20. The van der Waals surface area contributed by atoms with Gasteiger partial charge in [0.25, 0.3) is 0 Å². The molecule has 2 aromatic rings. The van der Waals surface area contributed by atoms with E-state index in [1.165, 1.54) is 25.3 Å². The first kappa shape index (κ1) is 20.4. The molecule has 6 nitrogen and oxygen atoms in total. The number of nitrogens with one attached hydrogen (secondary N) is 2. The minimum Gasteiger partial charge on any atom is -0.495 e. The maximum absolute atomic E-state index is 12.7. The second-order valence-electron chi connectivity index (χ2n) is 5.66. The van der Waals surface area contributed by atoms with Crippen LogP contribution in [0.15, 0.2) is 51.8 Å². The zero-order valence-electron chi connectivity index (χ0n) is 14.7. The number of benzene rings is 2. The highest BCUT2D eigenvalue weighted by atomic mass is 79.9.